The van der Waals surface area contributed by atoms with Crippen LogP contribution in [0.5, 0.6) is 0 Å². The summed E-state index contributed by atoms with van der Waals surface area (Å²) in [6.07, 6.45) is 1.90. The van der Waals surface area contributed by atoms with Gasteiger partial charge in [-0.05, 0) is 43.6 Å². The number of urea groups is 1. The molecule has 0 saturated carbocycles. The minimum atomic E-state index is -0.0437. The number of nitrogens with one attached hydrogen (secondary N) is 2. The molecular formula is C13H15Cl2N3O. The molecule has 1 saturated heterocycles. The molecule has 1 fully saturated rings. The summed E-state index contributed by atoms with van der Waals surface area (Å²) < 4.78 is 0. The van der Waals surface area contributed by atoms with Gasteiger partial charge in [-0.15, -0.1) is 0 Å². The lowest BCUT2D eigenvalue weighted by atomic mass is 10.0. The van der Waals surface area contributed by atoms with Crippen molar-refractivity contribution in [2.75, 3.05) is 18.0 Å². The van der Waals surface area contributed by atoms with Crippen molar-refractivity contribution < 1.29 is 4.79 Å². The summed E-state index contributed by atoms with van der Waals surface area (Å²) in [5.74, 6) is 0. The minimum Gasteiger partial charge on any atom is -0.334 e. The van der Waals surface area contributed by atoms with E-state index in [2.05, 4.69) is 10.6 Å². The van der Waals surface area contributed by atoms with E-state index in [1.165, 1.54) is 0 Å². The second-order valence-electron chi connectivity index (χ2n) is 4.90. The highest BCUT2D eigenvalue weighted by Gasteiger charge is 2.31. The molecule has 0 bridgehead atoms. The summed E-state index contributed by atoms with van der Waals surface area (Å²) >= 11 is 12.1. The molecule has 102 valence electrons. The van der Waals surface area contributed by atoms with Crippen LogP contribution in [0, 0.1) is 0 Å². The molecule has 0 aromatic heterocycles. The minimum absolute atomic E-state index is 0.0437. The number of rotatable bonds is 1. The number of fused-ring (bicyclic) bond motifs is 1. The van der Waals surface area contributed by atoms with Crippen molar-refractivity contribution in [1.82, 2.24) is 10.6 Å². The molecule has 2 heterocycles. The van der Waals surface area contributed by atoms with Crippen LogP contribution in [0.25, 0.3) is 0 Å². The Balaban J connectivity index is 2.00. The lowest BCUT2D eigenvalue weighted by Crippen LogP contribution is -2.52. The summed E-state index contributed by atoms with van der Waals surface area (Å²) in [5.41, 5.74) is 1.91. The van der Waals surface area contributed by atoms with Gasteiger partial charge < -0.3 is 10.6 Å². The van der Waals surface area contributed by atoms with Crippen LogP contribution < -0.4 is 15.5 Å². The zero-order valence-electron chi connectivity index (χ0n) is 10.4. The predicted molar refractivity (Wildman–Crippen MR) is 77.1 cm³/mol. The molecule has 4 nitrogen and oxygen atoms in total. The van der Waals surface area contributed by atoms with Crippen molar-refractivity contribution in [2.24, 2.45) is 0 Å². The summed E-state index contributed by atoms with van der Waals surface area (Å²) in [5, 5.41) is 7.23. The number of piperidine rings is 1. The van der Waals surface area contributed by atoms with E-state index >= 15 is 0 Å². The first-order valence-corrected chi connectivity index (χ1v) is 7.18. The Morgan fingerprint density at radius 1 is 1.16 bits per heavy atom. The van der Waals surface area contributed by atoms with Crippen LogP contribution in [0.15, 0.2) is 12.1 Å². The zero-order valence-corrected chi connectivity index (χ0v) is 11.9. The van der Waals surface area contributed by atoms with Gasteiger partial charge in [-0.25, -0.2) is 4.79 Å². The Morgan fingerprint density at radius 3 is 2.58 bits per heavy atom. The van der Waals surface area contributed by atoms with Crippen molar-refractivity contribution in [3.63, 3.8) is 0 Å². The zero-order chi connectivity index (χ0) is 13.4. The van der Waals surface area contributed by atoms with Crippen molar-refractivity contribution >= 4 is 34.9 Å². The Bertz CT molecular complexity index is 515. The van der Waals surface area contributed by atoms with Gasteiger partial charge in [0.2, 0.25) is 0 Å². The molecule has 2 amide bonds. The maximum Gasteiger partial charge on any atom is 0.322 e. The highest BCUT2D eigenvalue weighted by Crippen LogP contribution is 2.35. The smallest absolute Gasteiger partial charge is 0.322 e. The van der Waals surface area contributed by atoms with Gasteiger partial charge in [-0.3, -0.25) is 4.90 Å². The summed E-state index contributed by atoms with van der Waals surface area (Å²) in [4.78, 5) is 14.0. The standard InChI is InChI=1S/C13H15Cl2N3O/c14-10-5-8-7-17-13(19)18(12(8)6-11(10)15)9-1-3-16-4-2-9/h5-6,9,16H,1-4,7H2,(H,17,19). The maximum absolute atomic E-state index is 12.2. The third-order valence-corrected chi connectivity index (χ3v) is 4.43. The van der Waals surface area contributed by atoms with Crippen LogP contribution in [-0.2, 0) is 6.54 Å². The highest BCUT2D eigenvalue weighted by atomic mass is 35.5. The molecule has 0 atom stereocenters. The van der Waals surface area contributed by atoms with Gasteiger partial charge >= 0.3 is 6.03 Å². The maximum atomic E-state index is 12.2. The van der Waals surface area contributed by atoms with Crippen LogP contribution in [-0.4, -0.2) is 25.2 Å². The van der Waals surface area contributed by atoms with Gasteiger partial charge in [0.05, 0.1) is 15.7 Å². The molecule has 1 aromatic carbocycles. The van der Waals surface area contributed by atoms with E-state index in [-0.39, 0.29) is 12.1 Å². The number of hydrogen-bond acceptors (Lipinski definition) is 2. The number of halogens is 2. The molecule has 0 aliphatic carbocycles. The van der Waals surface area contributed by atoms with E-state index in [0.717, 1.165) is 37.2 Å². The predicted octanol–water partition coefficient (Wildman–Crippen LogP) is 2.78. The Hall–Kier alpha value is -0.970. The lowest BCUT2D eigenvalue weighted by molar-refractivity contribution is 0.240. The van der Waals surface area contributed by atoms with Gasteiger partial charge in [0.1, 0.15) is 0 Å². The number of carbonyl (C=O) groups is 1. The molecule has 19 heavy (non-hydrogen) atoms. The molecule has 0 spiro atoms. The van der Waals surface area contributed by atoms with Crippen molar-refractivity contribution in [3.8, 4) is 0 Å². The SMILES string of the molecule is O=C1NCc2cc(Cl)c(Cl)cc2N1C1CCNCC1. The van der Waals surface area contributed by atoms with E-state index in [0.29, 0.717) is 16.6 Å². The van der Waals surface area contributed by atoms with Crippen LogP contribution in [0.2, 0.25) is 10.0 Å². The molecule has 6 heteroatoms. The number of benzene rings is 1. The van der Waals surface area contributed by atoms with Crippen LogP contribution in [0.3, 0.4) is 0 Å². The average Bonchev–Trinajstić information content (AvgIpc) is 2.42. The number of hydrogen-bond donors (Lipinski definition) is 2. The molecule has 0 unspecified atom stereocenters. The third kappa shape index (κ3) is 2.40. The molecular weight excluding hydrogens is 285 g/mol. The number of anilines is 1. The number of carbonyl (C=O) groups excluding carboxylic acids is 1. The first-order chi connectivity index (χ1) is 9.16. The molecule has 2 aliphatic heterocycles. The lowest BCUT2D eigenvalue weighted by Gasteiger charge is -2.38. The topological polar surface area (TPSA) is 44.4 Å². The quantitative estimate of drug-likeness (QED) is 0.837. The largest absolute Gasteiger partial charge is 0.334 e. The van der Waals surface area contributed by atoms with E-state index in [9.17, 15) is 4.79 Å². The monoisotopic (exact) mass is 299 g/mol. The van der Waals surface area contributed by atoms with Crippen molar-refractivity contribution in [1.29, 1.82) is 0 Å². The summed E-state index contributed by atoms with van der Waals surface area (Å²) in [7, 11) is 0. The van der Waals surface area contributed by atoms with Gasteiger partial charge in [0.25, 0.3) is 0 Å². The second-order valence-corrected chi connectivity index (χ2v) is 5.72. The van der Waals surface area contributed by atoms with Crippen LogP contribution in [0.1, 0.15) is 18.4 Å². The van der Waals surface area contributed by atoms with Gasteiger partial charge in [0, 0.05) is 12.6 Å². The highest BCUT2D eigenvalue weighted by molar-refractivity contribution is 6.42. The average molecular weight is 300 g/mol. The molecule has 2 N–H and O–H groups in total. The third-order valence-electron chi connectivity index (χ3n) is 3.70. The van der Waals surface area contributed by atoms with E-state index in [1.54, 1.807) is 6.07 Å². The summed E-state index contributed by atoms with van der Waals surface area (Å²) in [6.45, 7) is 2.38. The first-order valence-electron chi connectivity index (χ1n) is 6.42. The number of amides is 2. The Labute approximate surface area is 122 Å². The Kier molecular flexibility index (Phi) is 3.56. The normalized spacial score (nSPS) is 20.1. The van der Waals surface area contributed by atoms with Crippen molar-refractivity contribution in [3.05, 3.63) is 27.7 Å². The fourth-order valence-electron chi connectivity index (χ4n) is 2.74. The van der Waals surface area contributed by atoms with Gasteiger partial charge in [-0.1, -0.05) is 23.2 Å². The molecule has 1 aromatic rings. The second kappa shape index (κ2) is 5.19. The van der Waals surface area contributed by atoms with Gasteiger partial charge in [-0.2, -0.15) is 0 Å². The van der Waals surface area contributed by atoms with Crippen molar-refractivity contribution in [2.45, 2.75) is 25.4 Å². The van der Waals surface area contributed by atoms with Crippen LogP contribution >= 0.6 is 23.2 Å². The van der Waals surface area contributed by atoms with E-state index in [1.807, 2.05) is 11.0 Å². The summed E-state index contributed by atoms with van der Waals surface area (Å²) in [6, 6.07) is 3.82. The molecule has 2 aliphatic rings. The van der Waals surface area contributed by atoms with Crippen LogP contribution in [0.4, 0.5) is 10.5 Å². The molecule has 0 radical (unpaired) electrons. The fourth-order valence-corrected chi connectivity index (χ4v) is 3.08. The fraction of sp³-hybridized carbons (Fsp3) is 0.462. The molecule has 3 rings (SSSR count). The number of nitrogens with zero attached hydrogens (tertiary/aromatic N) is 1. The Morgan fingerprint density at radius 2 is 1.84 bits per heavy atom. The van der Waals surface area contributed by atoms with E-state index in [4.69, 9.17) is 23.2 Å². The van der Waals surface area contributed by atoms with E-state index < -0.39 is 0 Å². The van der Waals surface area contributed by atoms with Gasteiger partial charge in [0.15, 0.2) is 0 Å². The first kappa shape index (κ1) is 13.0.